The van der Waals surface area contributed by atoms with Crippen molar-refractivity contribution in [3.05, 3.63) is 33.9 Å². The van der Waals surface area contributed by atoms with Gasteiger partial charge in [-0.3, -0.25) is 0 Å². The van der Waals surface area contributed by atoms with E-state index in [-0.39, 0.29) is 10.9 Å². The van der Waals surface area contributed by atoms with Gasteiger partial charge in [0.05, 0.1) is 15.9 Å². The van der Waals surface area contributed by atoms with Crippen molar-refractivity contribution in [2.75, 3.05) is 5.73 Å². The van der Waals surface area contributed by atoms with E-state index in [1.807, 2.05) is 0 Å². The molecule has 2 nitrogen and oxygen atoms in total. The number of halogens is 3. The average molecular weight is 273 g/mol. The summed E-state index contributed by atoms with van der Waals surface area (Å²) in [6.07, 6.45) is 0. The Labute approximate surface area is 93.2 Å². The maximum absolute atomic E-state index is 13.4. The molecule has 78 valence electrons. The third-order valence-corrected chi connectivity index (χ3v) is 3.15. The van der Waals surface area contributed by atoms with Gasteiger partial charge in [0.25, 0.3) is 0 Å². The SMILES string of the molecule is Cc1nc2c(F)cc(F)cc2c(N)c1Br. The van der Waals surface area contributed by atoms with Crippen molar-refractivity contribution in [3.63, 3.8) is 0 Å². The number of hydrogen-bond acceptors (Lipinski definition) is 2. The van der Waals surface area contributed by atoms with Crippen molar-refractivity contribution in [3.8, 4) is 0 Å². The van der Waals surface area contributed by atoms with E-state index in [1.54, 1.807) is 6.92 Å². The molecule has 0 aliphatic carbocycles. The summed E-state index contributed by atoms with van der Waals surface area (Å²) in [7, 11) is 0. The van der Waals surface area contributed by atoms with Gasteiger partial charge in [-0.2, -0.15) is 0 Å². The number of fused-ring (bicyclic) bond motifs is 1. The predicted molar refractivity (Wildman–Crippen MR) is 58.5 cm³/mol. The first-order chi connectivity index (χ1) is 7.00. The number of pyridine rings is 1. The lowest BCUT2D eigenvalue weighted by molar-refractivity contribution is 0.590. The largest absolute Gasteiger partial charge is 0.397 e. The molecular formula is C10H7BrF2N2. The molecule has 2 rings (SSSR count). The van der Waals surface area contributed by atoms with Crippen LogP contribution in [0.2, 0.25) is 0 Å². The molecule has 0 atom stereocenters. The van der Waals surface area contributed by atoms with Crippen molar-refractivity contribution in [2.45, 2.75) is 6.92 Å². The molecule has 0 spiro atoms. The summed E-state index contributed by atoms with van der Waals surface area (Å²) in [6.45, 7) is 1.70. The molecule has 0 unspecified atom stereocenters. The van der Waals surface area contributed by atoms with Crippen LogP contribution in [0.5, 0.6) is 0 Å². The Hall–Kier alpha value is -1.23. The number of anilines is 1. The van der Waals surface area contributed by atoms with Crippen molar-refractivity contribution in [1.82, 2.24) is 4.98 Å². The van der Waals surface area contributed by atoms with Crippen LogP contribution < -0.4 is 5.73 Å². The van der Waals surface area contributed by atoms with Gasteiger partial charge in [0.15, 0.2) is 5.82 Å². The molecule has 0 radical (unpaired) electrons. The zero-order valence-corrected chi connectivity index (χ0v) is 9.40. The lowest BCUT2D eigenvalue weighted by Gasteiger charge is -2.07. The van der Waals surface area contributed by atoms with Gasteiger partial charge < -0.3 is 5.73 Å². The second-order valence-corrected chi connectivity index (χ2v) is 4.00. The van der Waals surface area contributed by atoms with Gasteiger partial charge in [-0.05, 0) is 28.9 Å². The van der Waals surface area contributed by atoms with Crippen LogP contribution in [-0.4, -0.2) is 4.98 Å². The van der Waals surface area contributed by atoms with Crippen LogP contribution in [0, 0.1) is 18.6 Å². The number of aryl methyl sites for hydroxylation is 1. The lowest BCUT2D eigenvalue weighted by Crippen LogP contribution is -1.97. The maximum atomic E-state index is 13.4. The van der Waals surface area contributed by atoms with E-state index in [2.05, 4.69) is 20.9 Å². The summed E-state index contributed by atoms with van der Waals surface area (Å²) in [6, 6.07) is 1.97. The first kappa shape index (κ1) is 10.3. The normalized spacial score (nSPS) is 10.9. The Morgan fingerprint density at radius 2 is 2.00 bits per heavy atom. The molecule has 0 amide bonds. The van der Waals surface area contributed by atoms with E-state index < -0.39 is 11.6 Å². The molecule has 0 aliphatic rings. The van der Waals surface area contributed by atoms with Crippen molar-refractivity contribution >= 4 is 32.5 Å². The molecule has 5 heteroatoms. The fourth-order valence-corrected chi connectivity index (χ4v) is 1.72. The Bertz CT molecular complexity index is 555. The molecule has 1 heterocycles. The fraction of sp³-hybridized carbons (Fsp3) is 0.100. The summed E-state index contributed by atoms with van der Waals surface area (Å²) >= 11 is 3.22. The van der Waals surface area contributed by atoms with Crippen LogP contribution in [0.4, 0.5) is 14.5 Å². The average Bonchev–Trinajstić information content (AvgIpc) is 2.17. The molecule has 0 bridgehead atoms. The van der Waals surface area contributed by atoms with Gasteiger partial charge in [0.2, 0.25) is 0 Å². The van der Waals surface area contributed by atoms with Crippen LogP contribution in [0.3, 0.4) is 0 Å². The highest BCUT2D eigenvalue weighted by atomic mass is 79.9. The van der Waals surface area contributed by atoms with Gasteiger partial charge in [-0.15, -0.1) is 0 Å². The van der Waals surface area contributed by atoms with Gasteiger partial charge in [0.1, 0.15) is 11.3 Å². The molecule has 1 aromatic heterocycles. The monoisotopic (exact) mass is 272 g/mol. The third-order valence-electron chi connectivity index (χ3n) is 2.15. The Morgan fingerprint density at radius 1 is 1.33 bits per heavy atom. The van der Waals surface area contributed by atoms with Crippen LogP contribution in [0.15, 0.2) is 16.6 Å². The van der Waals surface area contributed by atoms with E-state index in [4.69, 9.17) is 5.73 Å². The first-order valence-electron chi connectivity index (χ1n) is 4.21. The standard InChI is InChI=1S/C10H7BrF2N2/c1-4-8(11)9(14)6-2-5(12)3-7(13)10(6)15-4/h2-3H,1H3,(H2,14,15). The van der Waals surface area contributed by atoms with Crippen molar-refractivity contribution in [1.29, 1.82) is 0 Å². The van der Waals surface area contributed by atoms with E-state index in [9.17, 15) is 8.78 Å². The van der Waals surface area contributed by atoms with Gasteiger partial charge >= 0.3 is 0 Å². The zero-order chi connectivity index (χ0) is 11.2. The molecule has 2 aromatic rings. The molecule has 0 fully saturated rings. The quantitative estimate of drug-likeness (QED) is 0.800. The number of nitrogen functional groups attached to an aromatic ring is 1. The Morgan fingerprint density at radius 3 is 2.67 bits per heavy atom. The predicted octanol–water partition coefficient (Wildman–Crippen LogP) is 3.17. The highest BCUT2D eigenvalue weighted by Crippen LogP contribution is 2.31. The number of rotatable bonds is 0. The number of hydrogen-bond donors (Lipinski definition) is 1. The molecule has 0 aliphatic heterocycles. The Balaban J connectivity index is 2.98. The minimum Gasteiger partial charge on any atom is -0.397 e. The van der Waals surface area contributed by atoms with Crippen LogP contribution in [-0.2, 0) is 0 Å². The van der Waals surface area contributed by atoms with Gasteiger partial charge in [0, 0.05) is 11.5 Å². The Kier molecular flexibility index (Phi) is 2.34. The second kappa shape index (κ2) is 3.41. The van der Waals surface area contributed by atoms with Crippen molar-refractivity contribution in [2.24, 2.45) is 0 Å². The van der Waals surface area contributed by atoms with E-state index in [0.29, 0.717) is 15.9 Å². The summed E-state index contributed by atoms with van der Waals surface area (Å²) in [4.78, 5) is 4.01. The molecule has 0 saturated heterocycles. The fourth-order valence-electron chi connectivity index (χ4n) is 1.41. The maximum Gasteiger partial charge on any atom is 0.152 e. The van der Waals surface area contributed by atoms with E-state index >= 15 is 0 Å². The third kappa shape index (κ3) is 1.56. The van der Waals surface area contributed by atoms with Crippen LogP contribution in [0.1, 0.15) is 5.69 Å². The number of nitrogens with two attached hydrogens (primary N) is 1. The highest BCUT2D eigenvalue weighted by Gasteiger charge is 2.12. The smallest absolute Gasteiger partial charge is 0.152 e. The van der Waals surface area contributed by atoms with Crippen LogP contribution >= 0.6 is 15.9 Å². The topological polar surface area (TPSA) is 38.9 Å². The second-order valence-electron chi connectivity index (χ2n) is 3.21. The first-order valence-corrected chi connectivity index (χ1v) is 5.00. The molecule has 15 heavy (non-hydrogen) atoms. The van der Waals surface area contributed by atoms with E-state index in [1.165, 1.54) is 6.07 Å². The van der Waals surface area contributed by atoms with Crippen molar-refractivity contribution < 1.29 is 8.78 Å². The summed E-state index contributed by atoms with van der Waals surface area (Å²) in [5, 5.41) is 0.282. The number of aromatic nitrogens is 1. The minimum absolute atomic E-state index is 0.0922. The number of nitrogens with zero attached hydrogens (tertiary/aromatic N) is 1. The molecule has 0 saturated carbocycles. The number of benzene rings is 1. The van der Waals surface area contributed by atoms with Gasteiger partial charge in [-0.25, -0.2) is 13.8 Å². The summed E-state index contributed by atoms with van der Waals surface area (Å²) in [5.41, 5.74) is 6.71. The van der Waals surface area contributed by atoms with Crippen LogP contribution in [0.25, 0.3) is 10.9 Å². The zero-order valence-electron chi connectivity index (χ0n) is 7.81. The minimum atomic E-state index is -0.702. The summed E-state index contributed by atoms with van der Waals surface area (Å²) in [5.74, 6) is -1.36. The lowest BCUT2D eigenvalue weighted by atomic mass is 10.1. The highest BCUT2D eigenvalue weighted by molar-refractivity contribution is 9.10. The molecule has 1 aromatic carbocycles. The van der Waals surface area contributed by atoms with E-state index in [0.717, 1.165) is 6.07 Å². The molecule has 2 N–H and O–H groups in total. The molecular weight excluding hydrogens is 266 g/mol. The summed E-state index contributed by atoms with van der Waals surface area (Å²) < 4.78 is 26.9. The van der Waals surface area contributed by atoms with Gasteiger partial charge in [-0.1, -0.05) is 0 Å².